The van der Waals surface area contributed by atoms with Crippen LogP contribution in [0.15, 0.2) is 30.7 Å². The molecule has 5 nitrogen and oxygen atoms in total. The quantitative estimate of drug-likeness (QED) is 0.811. The Labute approximate surface area is 98.9 Å². The molecule has 2 heterocycles. The van der Waals surface area contributed by atoms with E-state index in [0.717, 1.165) is 17.1 Å². The summed E-state index contributed by atoms with van der Waals surface area (Å²) in [7, 11) is 1.38. The van der Waals surface area contributed by atoms with Gasteiger partial charge in [-0.25, -0.2) is 4.98 Å². The zero-order valence-corrected chi connectivity index (χ0v) is 9.51. The molecule has 0 spiro atoms. The van der Waals surface area contributed by atoms with Crippen LogP contribution in [-0.4, -0.2) is 28.0 Å². The monoisotopic (exact) mass is 231 g/mol. The van der Waals surface area contributed by atoms with Crippen LogP contribution in [0.2, 0.25) is 0 Å². The number of hydrogen-bond acceptors (Lipinski definition) is 4. The molecular formula is C12H13N3O2. The Morgan fingerprint density at radius 2 is 2.18 bits per heavy atom. The number of rotatable bonds is 4. The van der Waals surface area contributed by atoms with Gasteiger partial charge in [-0.15, -0.1) is 0 Å². The smallest absolute Gasteiger partial charge is 0.305 e. The molecule has 0 unspecified atom stereocenters. The molecule has 0 saturated carbocycles. The molecule has 0 bridgehead atoms. The average molecular weight is 231 g/mol. The maximum atomic E-state index is 11.0. The molecule has 0 aromatic carbocycles. The summed E-state index contributed by atoms with van der Waals surface area (Å²) < 4.78 is 4.57. The fourth-order valence-corrected chi connectivity index (χ4v) is 1.49. The van der Waals surface area contributed by atoms with E-state index in [2.05, 4.69) is 19.7 Å². The second-order valence-electron chi connectivity index (χ2n) is 3.56. The van der Waals surface area contributed by atoms with Crippen LogP contribution in [-0.2, 0) is 16.0 Å². The van der Waals surface area contributed by atoms with Gasteiger partial charge in [0.15, 0.2) is 0 Å². The fraction of sp³-hybridized carbons (Fsp3) is 0.250. The van der Waals surface area contributed by atoms with Crippen molar-refractivity contribution in [2.45, 2.75) is 12.8 Å². The maximum absolute atomic E-state index is 11.0. The van der Waals surface area contributed by atoms with Crippen molar-refractivity contribution in [2.75, 3.05) is 7.11 Å². The predicted molar refractivity (Wildman–Crippen MR) is 62.2 cm³/mol. The number of esters is 1. The van der Waals surface area contributed by atoms with Gasteiger partial charge in [-0.05, 0) is 12.1 Å². The van der Waals surface area contributed by atoms with Crippen LogP contribution in [0.1, 0.15) is 12.2 Å². The number of H-pyrrole nitrogens is 1. The van der Waals surface area contributed by atoms with Crippen molar-refractivity contribution in [3.05, 3.63) is 36.5 Å². The number of carbonyl (C=O) groups is 1. The van der Waals surface area contributed by atoms with Crippen molar-refractivity contribution in [1.82, 2.24) is 15.0 Å². The van der Waals surface area contributed by atoms with E-state index in [1.165, 1.54) is 7.11 Å². The molecule has 0 radical (unpaired) electrons. The molecule has 0 amide bonds. The highest BCUT2D eigenvalue weighted by molar-refractivity contribution is 5.69. The number of methoxy groups -OCH3 is 1. The minimum Gasteiger partial charge on any atom is -0.469 e. The van der Waals surface area contributed by atoms with E-state index in [-0.39, 0.29) is 5.97 Å². The van der Waals surface area contributed by atoms with E-state index >= 15 is 0 Å². The molecule has 0 atom stereocenters. The summed E-state index contributed by atoms with van der Waals surface area (Å²) in [6.45, 7) is 0. The van der Waals surface area contributed by atoms with Crippen LogP contribution < -0.4 is 0 Å². The van der Waals surface area contributed by atoms with E-state index in [4.69, 9.17) is 0 Å². The van der Waals surface area contributed by atoms with Gasteiger partial charge in [0.1, 0.15) is 5.82 Å². The SMILES string of the molecule is COC(=O)CCc1ncc(-c2ccncc2)[nH]1. The van der Waals surface area contributed by atoms with Gasteiger partial charge in [-0.2, -0.15) is 0 Å². The molecule has 2 aromatic rings. The molecular weight excluding hydrogens is 218 g/mol. The summed E-state index contributed by atoms with van der Waals surface area (Å²) >= 11 is 0. The molecule has 0 saturated heterocycles. The van der Waals surface area contributed by atoms with Crippen LogP contribution in [0, 0.1) is 0 Å². The van der Waals surface area contributed by atoms with Crippen LogP contribution in [0.25, 0.3) is 11.3 Å². The van der Waals surface area contributed by atoms with E-state index in [0.29, 0.717) is 12.8 Å². The Balaban J connectivity index is 2.04. The van der Waals surface area contributed by atoms with Gasteiger partial charge in [0.2, 0.25) is 0 Å². The van der Waals surface area contributed by atoms with E-state index in [1.54, 1.807) is 18.6 Å². The summed E-state index contributed by atoms with van der Waals surface area (Å²) in [5.74, 6) is 0.550. The third-order valence-corrected chi connectivity index (χ3v) is 2.41. The molecule has 88 valence electrons. The van der Waals surface area contributed by atoms with Gasteiger partial charge in [0.25, 0.3) is 0 Å². The van der Waals surface area contributed by atoms with Gasteiger partial charge >= 0.3 is 5.97 Å². The Bertz CT molecular complexity index is 493. The summed E-state index contributed by atoms with van der Waals surface area (Å²) in [6, 6.07) is 3.80. The van der Waals surface area contributed by atoms with Crippen molar-refractivity contribution < 1.29 is 9.53 Å². The largest absolute Gasteiger partial charge is 0.469 e. The Morgan fingerprint density at radius 1 is 1.41 bits per heavy atom. The Kier molecular flexibility index (Phi) is 3.49. The Morgan fingerprint density at radius 3 is 2.88 bits per heavy atom. The predicted octanol–water partition coefficient (Wildman–Crippen LogP) is 1.58. The Hall–Kier alpha value is -2.17. The zero-order valence-electron chi connectivity index (χ0n) is 9.51. The first-order chi connectivity index (χ1) is 8.29. The van der Waals surface area contributed by atoms with Gasteiger partial charge in [-0.1, -0.05) is 0 Å². The van der Waals surface area contributed by atoms with Crippen molar-refractivity contribution in [1.29, 1.82) is 0 Å². The number of aryl methyl sites for hydroxylation is 1. The second kappa shape index (κ2) is 5.25. The van der Waals surface area contributed by atoms with Gasteiger partial charge in [0, 0.05) is 24.4 Å². The fourth-order valence-electron chi connectivity index (χ4n) is 1.49. The molecule has 2 rings (SSSR count). The standard InChI is InChI=1S/C12H13N3O2/c1-17-12(16)3-2-11-14-8-10(15-11)9-4-6-13-7-5-9/h4-8H,2-3H2,1H3,(H,14,15). The number of pyridine rings is 1. The van der Waals surface area contributed by atoms with Gasteiger partial charge < -0.3 is 9.72 Å². The van der Waals surface area contributed by atoms with E-state index in [9.17, 15) is 4.79 Å². The van der Waals surface area contributed by atoms with E-state index < -0.39 is 0 Å². The molecule has 5 heteroatoms. The highest BCUT2D eigenvalue weighted by Gasteiger charge is 2.06. The second-order valence-corrected chi connectivity index (χ2v) is 3.56. The molecule has 17 heavy (non-hydrogen) atoms. The topological polar surface area (TPSA) is 67.9 Å². The molecule has 0 fully saturated rings. The summed E-state index contributed by atoms with van der Waals surface area (Å²) in [4.78, 5) is 22.3. The molecule has 0 aliphatic heterocycles. The lowest BCUT2D eigenvalue weighted by molar-refractivity contribution is -0.140. The number of nitrogens with zero attached hydrogens (tertiary/aromatic N) is 2. The molecule has 2 aromatic heterocycles. The molecule has 0 aliphatic rings. The lowest BCUT2D eigenvalue weighted by Crippen LogP contribution is -2.02. The zero-order chi connectivity index (χ0) is 12.1. The normalized spacial score (nSPS) is 10.2. The summed E-state index contributed by atoms with van der Waals surface area (Å²) in [6.07, 6.45) is 6.09. The third-order valence-electron chi connectivity index (χ3n) is 2.41. The minimum absolute atomic E-state index is 0.230. The number of nitrogens with one attached hydrogen (secondary N) is 1. The van der Waals surface area contributed by atoms with Crippen molar-refractivity contribution >= 4 is 5.97 Å². The van der Waals surface area contributed by atoms with Crippen molar-refractivity contribution in [2.24, 2.45) is 0 Å². The highest BCUT2D eigenvalue weighted by atomic mass is 16.5. The number of ether oxygens (including phenoxy) is 1. The first-order valence-electron chi connectivity index (χ1n) is 5.30. The number of carbonyl (C=O) groups excluding carboxylic acids is 1. The van der Waals surface area contributed by atoms with Crippen molar-refractivity contribution in [3.8, 4) is 11.3 Å². The van der Waals surface area contributed by atoms with Crippen molar-refractivity contribution in [3.63, 3.8) is 0 Å². The number of aromatic nitrogens is 3. The maximum Gasteiger partial charge on any atom is 0.305 e. The number of imidazole rings is 1. The highest BCUT2D eigenvalue weighted by Crippen LogP contribution is 2.15. The van der Waals surface area contributed by atoms with E-state index in [1.807, 2.05) is 12.1 Å². The van der Waals surface area contributed by atoms with Gasteiger partial charge in [-0.3, -0.25) is 9.78 Å². The van der Waals surface area contributed by atoms with Crippen LogP contribution >= 0.6 is 0 Å². The first-order valence-corrected chi connectivity index (χ1v) is 5.30. The molecule has 1 N–H and O–H groups in total. The minimum atomic E-state index is -0.230. The first kappa shape index (κ1) is 11.3. The lowest BCUT2D eigenvalue weighted by atomic mass is 10.2. The third kappa shape index (κ3) is 2.90. The molecule has 0 aliphatic carbocycles. The van der Waals surface area contributed by atoms with Gasteiger partial charge in [0.05, 0.1) is 25.4 Å². The van der Waals surface area contributed by atoms with Crippen LogP contribution in [0.4, 0.5) is 0 Å². The van der Waals surface area contributed by atoms with Crippen LogP contribution in [0.5, 0.6) is 0 Å². The number of aromatic amines is 1. The number of hydrogen-bond donors (Lipinski definition) is 1. The summed E-state index contributed by atoms with van der Waals surface area (Å²) in [5, 5.41) is 0. The lowest BCUT2D eigenvalue weighted by Gasteiger charge is -1.97. The average Bonchev–Trinajstić information content (AvgIpc) is 2.86. The van der Waals surface area contributed by atoms with Crippen LogP contribution in [0.3, 0.4) is 0 Å². The summed E-state index contributed by atoms with van der Waals surface area (Å²) in [5.41, 5.74) is 1.95.